The van der Waals surface area contributed by atoms with Crippen LogP contribution in [0.3, 0.4) is 0 Å². The maximum atomic E-state index is 6.10. The summed E-state index contributed by atoms with van der Waals surface area (Å²) in [7, 11) is 0. The Hall–Kier alpha value is -1.94. The van der Waals surface area contributed by atoms with Crippen molar-refractivity contribution in [2.75, 3.05) is 19.6 Å². The zero-order chi connectivity index (χ0) is 15.8. The van der Waals surface area contributed by atoms with E-state index < -0.39 is 0 Å². The van der Waals surface area contributed by atoms with Crippen molar-refractivity contribution in [1.82, 2.24) is 14.9 Å². The Kier molecular flexibility index (Phi) is 3.77. The largest absolute Gasteiger partial charge is 0.472 e. The SMILES string of the molecule is Cc1nc(C)c2c(n1)OC(CN1CCc3ccccc3CC1)C2. The van der Waals surface area contributed by atoms with Gasteiger partial charge in [0, 0.05) is 37.3 Å². The van der Waals surface area contributed by atoms with Gasteiger partial charge >= 0.3 is 0 Å². The number of benzene rings is 1. The number of rotatable bonds is 2. The molecule has 2 aliphatic heterocycles. The first-order valence-electron chi connectivity index (χ1n) is 8.49. The Morgan fingerprint density at radius 3 is 2.48 bits per heavy atom. The van der Waals surface area contributed by atoms with Crippen LogP contribution in [0.4, 0.5) is 0 Å². The quantitative estimate of drug-likeness (QED) is 0.854. The molecule has 0 aliphatic carbocycles. The second-order valence-electron chi connectivity index (χ2n) is 6.65. The Morgan fingerprint density at radius 1 is 1.09 bits per heavy atom. The van der Waals surface area contributed by atoms with Gasteiger partial charge in [0.2, 0.25) is 5.88 Å². The zero-order valence-electron chi connectivity index (χ0n) is 13.9. The molecule has 1 aromatic carbocycles. The van der Waals surface area contributed by atoms with Gasteiger partial charge in [0.1, 0.15) is 11.9 Å². The third-order valence-electron chi connectivity index (χ3n) is 4.97. The molecular weight excluding hydrogens is 286 g/mol. The van der Waals surface area contributed by atoms with Crippen molar-refractivity contribution in [2.24, 2.45) is 0 Å². The summed E-state index contributed by atoms with van der Waals surface area (Å²) < 4.78 is 6.10. The molecule has 0 N–H and O–H groups in total. The third kappa shape index (κ3) is 2.95. The first-order valence-corrected chi connectivity index (χ1v) is 8.49. The molecule has 4 heteroatoms. The minimum atomic E-state index is 0.209. The summed E-state index contributed by atoms with van der Waals surface area (Å²) in [4.78, 5) is 11.5. The smallest absolute Gasteiger partial charge is 0.220 e. The van der Waals surface area contributed by atoms with E-state index in [0.717, 1.165) is 56.3 Å². The predicted molar refractivity (Wildman–Crippen MR) is 89.9 cm³/mol. The van der Waals surface area contributed by atoms with Crippen molar-refractivity contribution in [1.29, 1.82) is 0 Å². The lowest BCUT2D eigenvalue weighted by Gasteiger charge is -2.23. The van der Waals surface area contributed by atoms with E-state index in [2.05, 4.69) is 46.1 Å². The van der Waals surface area contributed by atoms with Gasteiger partial charge in [-0.25, -0.2) is 4.98 Å². The summed E-state index contributed by atoms with van der Waals surface area (Å²) >= 11 is 0. The van der Waals surface area contributed by atoms with Gasteiger partial charge in [0.25, 0.3) is 0 Å². The van der Waals surface area contributed by atoms with E-state index in [0.29, 0.717) is 0 Å². The Morgan fingerprint density at radius 2 is 1.78 bits per heavy atom. The van der Waals surface area contributed by atoms with Crippen molar-refractivity contribution in [3.05, 3.63) is 52.5 Å². The zero-order valence-corrected chi connectivity index (χ0v) is 13.9. The van der Waals surface area contributed by atoms with E-state index in [9.17, 15) is 0 Å². The van der Waals surface area contributed by atoms with Crippen LogP contribution in [-0.2, 0) is 19.3 Å². The van der Waals surface area contributed by atoms with Crippen LogP contribution in [0.1, 0.15) is 28.2 Å². The van der Waals surface area contributed by atoms with Gasteiger partial charge < -0.3 is 4.74 Å². The van der Waals surface area contributed by atoms with Crippen LogP contribution in [0.5, 0.6) is 5.88 Å². The van der Waals surface area contributed by atoms with Crippen molar-refractivity contribution in [2.45, 2.75) is 39.2 Å². The van der Waals surface area contributed by atoms with Gasteiger partial charge in [-0.1, -0.05) is 24.3 Å². The van der Waals surface area contributed by atoms with E-state index in [1.54, 1.807) is 0 Å². The summed E-state index contributed by atoms with van der Waals surface area (Å²) in [6, 6.07) is 8.83. The van der Waals surface area contributed by atoms with E-state index in [1.165, 1.54) is 16.7 Å². The summed E-state index contributed by atoms with van der Waals surface area (Å²) in [5, 5.41) is 0. The molecule has 3 heterocycles. The van der Waals surface area contributed by atoms with Crippen LogP contribution in [-0.4, -0.2) is 40.6 Å². The molecule has 1 unspecified atom stereocenters. The number of hydrogen-bond donors (Lipinski definition) is 0. The molecule has 1 atom stereocenters. The minimum Gasteiger partial charge on any atom is -0.472 e. The van der Waals surface area contributed by atoms with Gasteiger partial charge in [-0.2, -0.15) is 4.98 Å². The van der Waals surface area contributed by atoms with E-state index in [-0.39, 0.29) is 6.10 Å². The molecule has 0 amide bonds. The molecule has 4 nitrogen and oxygen atoms in total. The third-order valence-corrected chi connectivity index (χ3v) is 4.97. The standard InChI is InChI=1S/C19H23N3O/c1-13-18-11-17(23-19(18)21-14(2)20-13)12-22-9-7-15-5-3-4-6-16(15)8-10-22/h3-6,17H,7-12H2,1-2H3. The second-order valence-corrected chi connectivity index (χ2v) is 6.65. The summed E-state index contributed by atoms with van der Waals surface area (Å²) in [6.07, 6.45) is 3.41. The molecule has 4 rings (SSSR count). The molecular formula is C19H23N3O. The summed E-state index contributed by atoms with van der Waals surface area (Å²) in [6.45, 7) is 7.18. The van der Waals surface area contributed by atoms with Gasteiger partial charge in [-0.15, -0.1) is 0 Å². The fourth-order valence-corrected chi connectivity index (χ4v) is 3.75. The van der Waals surface area contributed by atoms with Crippen molar-refractivity contribution in [3.63, 3.8) is 0 Å². The highest BCUT2D eigenvalue weighted by atomic mass is 16.5. The number of aromatic nitrogens is 2. The van der Waals surface area contributed by atoms with Crippen LogP contribution in [0.25, 0.3) is 0 Å². The van der Waals surface area contributed by atoms with Crippen LogP contribution in [0, 0.1) is 13.8 Å². The Balaban J connectivity index is 1.42. The molecule has 23 heavy (non-hydrogen) atoms. The average Bonchev–Trinajstić information content (AvgIpc) is 2.82. The predicted octanol–water partition coefficient (Wildman–Crippen LogP) is 2.50. The molecule has 0 saturated heterocycles. The highest BCUT2D eigenvalue weighted by molar-refractivity contribution is 5.35. The number of ether oxygens (including phenoxy) is 1. The van der Waals surface area contributed by atoms with Gasteiger partial charge in [-0.3, -0.25) is 4.90 Å². The first kappa shape index (κ1) is 14.6. The highest BCUT2D eigenvalue weighted by Crippen LogP contribution is 2.29. The Labute approximate surface area is 137 Å². The molecule has 0 radical (unpaired) electrons. The maximum Gasteiger partial charge on any atom is 0.220 e. The van der Waals surface area contributed by atoms with Gasteiger partial charge in [0.05, 0.1) is 0 Å². The molecule has 0 bridgehead atoms. The molecule has 2 aromatic rings. The normalized spacial score (nSPS) is 20.5. The molecule has 0 saturated carbocycles. The average molecular weight is 309 g/mol. The molecule has 1 aromatic heterocycles. The van der Waals surface area contributed by atoms with Crippen LogP contribution in [0.15, 0.2) is 24.3 Å². The van der Waals surface area contributed by atoms with Crippen LogP contribution < -0.4 is 4.74 Å². The maximum absolute atomic E-state index is 6.10. The monoisotopic (exact) mass is 309 g/mol. The van der Waals surface area contributed by atoms with Crippen molar-refractivity contribution in [3.8, 4) is 5.88 Å². The molecule has 120 valence electrons. The fourth-order valence-electron chi connectivity index (χ4n) is 3.75. The lowest BCUT2D eigenvalue weighted by molar-refractivity contribution is 0.150. The fraction of sp³-hybridized carbons (Fsp3) is 0.474. The lowest BCUT2D eigenvalue weighted by Crippen LogP contribution is -2.36. The minimum absolute atomic E-state index is 0.209. The van der Waals surface area contributed by atoms with Crippen molar-refractivity contribution < 1.29 is 4.74 Å². The lowest BCUT2D eigenvalue weighted by atomic mass is 10.0. The second kappa shape index (κ2) is 5.93. The van der Waals surface area contributed by atoms with Gasteiger partial charge in [0.15, 0.2) is 0 Å². The summed E-state index contributed by atoms with van der Waals surface area (Å²) in [5.74, 6) is 1.60. The highest BCUT2D eigenvalue weighted by Gasteiger charge is 2.28. The molecule has 0 spiro atoms. The Bertz CT molecular complexity index is 702. The summed E-state index contributed by atoms with van der Waals surface area (Å²) in [5.41, 5.74) is 5.27. The van der Waals surface area contributed by atoms with Crippen LogP contribution in [0.2, 0.25) is 0 Å². The number of nitrogens with zero attached hydrogens (tertiary/aromatic N) is 3. The van der Waals surface area contributed by atoms with E-state index in [1.807, 2.05) is 6.92 Å². The van der Waals surface area contributed by atoms with E-state index in [4.69, 9.17) is 4.74 Å². The topological polar surface area (TPSA) is 38.3 Å². The first-order chi connectivity index (χ1) is 11.2. The van der Waals surface area contributed by atoms with E-state index >= 15 is 0 Å². The van der Waals surface area contributed by atoms with Crippen LogP contribution >= 0.6 is 0 Å². The number of aryl methyl sites for hydroxylation is 2. The number of hydrogen-bond acceptors (Lipinski definition) is 4. The van der Waals surface area contributed by atoms with Crippen molar-refractivity contribution >= 4 is 0 Å². The molecule has 2 aliphatic rings. The number of fused-ring (bicyclic) bond motifs is 2. The van der Waals surface area contributed by atoms with Gasteiger partial charge in [-0.05, 0) is 37.8 Å². The molecule has 0 fully saturated rings.